The lowest BCUT2D eigenvalue weighted by atomic mass is 10.1. The number of para-hydroxylation sites is 2. The number of anilines is 3. The molecule has 4 aromatic carbocycles. The number of nitrogens with two attached hydrogens (primary N) is 1. The second-order valence-corrected chi connectivity index (χ2v) is 9.12. The summed E-state index contributed by atoms with van der Waals surface area (Å²) in [4.78, 5) is 36.1. The van der Waals surface area contributed by atoms with Crippen molar-refractivity contribution in [2.75, 3.05) is 36.6 Å². The summed E-state index contributed by atoms with van der Waals surface area (Å²) in [6.45, 7) is 1.28. The zero-order valence-corrected chi connectivity index (χ0v) is 22.7. The maximum absolute atomic E-state index is 12.6. The number of benzene rings is 4. The average Bonchev–Trinajstić information content (AvgIpc) is 3.01. The van der Waals surface area contributed by atoms with E-state index in [0.717, 1.165) is 11.3 Å². The highest BCUT2D eigenvalue weighted by Gasteiger charge is 2.11. The molecule has 41 heavy (non-hydrogen) atoms. The van der Waals surface area contributed by atoms with Crippen molar-refractivity contribution < 1.29 is 23.9 Å². The van der Waals surface area contributed by atoms with E-state index >= 15 is 0 Å². The number of methoxy groups -OCH3 is 1. The van der Waals surface area contributed by atoms with Gasteiger partial charge in [-0.25, -0.2) is 0 Å². The zero-order valence-electron chi connectivity index (χ0n) is 22.7. The lowest BCUT2D eigenvalue weighted by Gasteiger charge is -2.14. The van der Waals surface area contributed by atoms with E-state index in [1.165, 1.54) is 0 Å². The van der Waals surface area contributed by atoms with Crippen LogP contribution in [0.15, 0.2) is 91.0 Å². The predicted molar refractivity (Wildman–Crippen MR) is 160 cm³/mol. The van der Waals surface area contributed by atoms with Crippen molar-refractivity contribution in [2.24, 2.45) is 0 Å². The highest BCUT2D eigenvalue weighted by molar-refractivity contribution is 6.05. The first-order valence-corrected chi connectivity index (χ1v) is 13.1. The maximum atomic E-state index is 12.6. The van der Waals surface area contributed by atoms with Crippen LogP contribution in [0.4, 0.5) is 17.1 Å². The molecule has 210 valence electrons. The Morgan fingerprint density at radius 1 is 0.878 bits per heavy atom. The number of amides is 2. The molecule has 0 saturated carbocycles. The van der Waals surface area contributed by atoms with Crippen LogP contribution in [0.1, 0.15) is 43.1 Å². The van der Waals surface area contributed by atoms with E-state index in [1.807, 2.05) is 42.5 Å². The van der Waals surface area contributed by atoms with Gasteiger partial charge >= 0.3 is 0 Å². The van der Waals surface area contributed by atoms with Crippen LogP contribution in [0.3, 0.4) is 0 Å². The summed E-state index contributed by atoms with van der Waals surface area (Å²) in [5, 5.41) is 8.99. The molecule has 0 aliphatic heterocycles. The monoisotopic (exact) mass is 552 g/mol. The van der Waals surface area contributed by atoms with Crippen LogP contribution in [0.2, 0.25) is 0 Å². The van der Waals surface area contributed by atoms with Gasteiger partial charge in [0.25, 0.3) is 11.8 Å². The SMILES string of the molecule is COc1ccc(NCc2ccc(C(=O)Nc3ccccc3N)cc2)cc1OCCCNC(=O)c1ccccc1C=O. The number of nitrogen functional groups attached to an aromatic ring is 1. The number of hydrogen-bond acceptors (Lipinski definition) is 7. The van der Waals surface area contributed by atoms with Crippen LogP contribution in [0, 0.1) is 0 Å². The first-order chi connectivity index (χ1) is 20.0. The molecule has 0 radical (unpaired) electrons. The van der Waals surface area contributed by atoms with Crippen molar-refractivity contribution in [2.45, 2.75) is 13.0 Å². The van der Waals surface area contributed by atoms with Gasteiger partial charge in [0.2, 0.25) is 0 Å². The number of carbonyl (C=O) groups excluding carboxylic acids is 3. The molecule has 0 spiro atoms. The first-order valence-electron chi connectivity index (χ1n) is 13.1. The number of nitrogens with one attached hydrogen (secondary N) is 3. The Hall–Kier alpha value is -5.31. The van der Waals surface area contributed by atoms with E-state index in [9.17, 15) is 14.4 Å². The molecule has 0 heterocycles. The second-order valence-electron chi connectivity index (χ2n) is 9.12. The number of rotatable bonds is 13. The van der Waals surface area contributed by atoms with Gasteiger partial charge < -0.3 is 31.2 Å². The van der Waals surface area contributed by atoms with Gasteiger partial charge in [-0.05, 0) is 54.4 Å². The maximum Gasteiger partial charge on any atom is 0.255 e. The molecule has 5 N–H and O–H groups in total. The third-order valence-corrected chi connectivity index (χ3v) is 6.28. The number of ether oxygens (including phenoxy) is 2. The van der Waals surface area contributed by atoms with Crippen molar-refractivity contribution in [1.29, 1.82) is 0 Å². The molecular formula is C32H32N4O5. The minimum atomic E-state index is -0.300. The Kier molecular flexibility index (Phi) is 9.92. The van der Waals surface area contributed by atoms with Crippen molar-refractivity contribution >= 4 is 35.2 Å². The van der Waals surface area contributed by atoms with Gasteiger partial charge in [0.15, 0.2) is 17.8 Å². The molecule has 0 aliphatic carbocycles. The van der Waals surface area contributed by atoms with Crippen molar-refractivity contribution in [1.82, 2.24) is 5.32 Å². The van der Waals surface area contributed by atoms with Crippen molar-refractivity contribution in [3.05, 3.63) is 113 Å². The average molecular weight is 553 g/mol. The van der Waals surface area contributed by atoms with E-state index in [-0.39, 0.29) is 11.8 Å². The predicted octanol–water partition coefficient (Wildman–Crippen LogP) is 5.15. The van der Waals surface area contributed by atoms with Crippen LogP contribution < -0.4 is 31.2 Å². The molecule has 0 aromatic heterocycles. The fourth-order valence-corrected chi connectivity index (χ4v) is 4.04. The molecule has 0 unspecified atom stereocenters. The standard InChI is InChI=1S/C32H32N4O5/c1-40-29-16-15-25(19-30(29)41-18-6-17-34-32(39)26-8-3-2-7-24(26)21-37)35-20-22-11-13-23(14-12-22)31(38)36-28-10-5-4-9-27(28)33/h2-5,7-16,19,21,35H,6,17-18,20,33H2,1H3,(H,34,39)(H,36,38). The number of carbonyl (C=O) groups is 3. The van der Waals surface area contributed by atoms with E-state index in [2.05, 4.69) is 16.0 Å². The Morgan fingerprint density at radius 3 is 2.39 bits per heavy atom. The summed E-state index contributed by atoms with van der Waals surface area (Å²) >= 11 is 0. The van der Waals surface area contributed by atoms with E-state index in [4.69, 9.17) is 15.2 Å². The molecular weight excluding hydrogens is 520 g/mol. The minimum Gasteiger partial charge on any atom is -0.493 e. The van der Waals surface area contributed by atoms with Crippen LogP contribution in [-0.2, 0) is 6.54 Å². The fourth-order valence-electron chi connectivity index (χ4n) is 4.04. The van der Waals surface area contributed by atoms with E-state index < -0.39 is 0 Å². The molecule has 0 aliphatic rings. The minimum absolute atomic E-state index is 0.232. The van der Waals surface area contributed by atoms with Gasteiger partial charge in [-0.1, -0.05) is 42.5 Å². The summed E-state index contributed by atoms with van der Waals surface area (Å²) < 4.78 is 11.4. The second kappa shape index (κ2) is 14.2. The summed E-state index contributed by atoms with van der Waals surface area (Å²) in [5.41, 5.74) is 10.0. The Bertz CT molecular complexity index is 1500. The van der Waals surface area contributed by atoms with Crippen molar-refractivity contribution in [3.8, 4) is 11.5 Å². The van der Waals surface area contributed by atoms with E-state index in [1.54, 1.807) is 55.6 Å². The van der Waals surface area contributed by atoms with Gasteiger partial charge in [-0.2, -0.15) is 0 Å². The highest BCUT2D eigenvalue weighted by Crippen LogP contribution is 2.30. The van der Waals surface area contributed by atoms with Gasteiger partial charge in [0.1, 0.15) is 0 Å². The third-order valence-electron chi connectivity index (χ3n) is 6.28. The summed E-state index contributed by atoms with van der Waals surface area (Å²) in [7, 11) is 1.57. The molecule has 0 bridgehead atoms. The number of hydrogen-bond donors (Lipinski definition) is 4. The molecule has 4 rings (SSSR count). The summed E-state index contributed by atoms with van der Waals surface area (Å²) in [5.74, 6) is 0.631. The first kappa shape index (κ1) is 28.7. The molecule has 9 nitrogen and oxygen atoms in total. The van der Waals surface area contributed by atoms with Crippen LogP contribution in [0.5, 0.6) is 11.5 Å². The lowest BCUT2D eigenvalue weighted by Crippen LogP contribution is -2.26. The fraction of sp³-hybridized carbons (Fsp3) is 0.156. The Labute approximate surface area is 238 Å². The van der Waals surface area contributed by atoms with Crippen LogP contribution >= 0.6 is 0 Å². The zero-order chi connectivity index (χ0) is 29.0. The molecule has 2 amide bonds. The Morgan fingerprint density at radius 2 is 1.63 bits per heavy atom. The molecule has 0 fully saturated rings. The van der Waals surface area contributed by atoms with Gasteiger partial charge in [-0.15, -0.1) is 0 Å². The highest BCUT2D eigenvalue weighted by atomic mass is 16.5. The van der Waals surface area contributed by atoms with Gasteiger partial charge in [0, 0.05) is 41.5 Å². The normalized spacial score (nSPS) is 10.4. The van der Waals surface area contributed by atoms with Crippen LogP contribution in [-0.4, -0.2) is 38.4 Å². The third kappa shape index (κ3) is 7.86. The summed E-state index contributed by atoms with van der Waals surface area (Å²) in [6.07, 6.45) is 1.23. The molecule has 0 atom stereocenters. The van der Waals surface area contributed by atoms with Crippen LogP contribution in [0.25, 0.3) is 0 Å². The lowest BCUT2D eigenvalue weighted by molar-refractivity contribution is 0.0945. The van der Waals surface area contributed by atoms with Crippen molar-refractivity contribution in [3.63, 3.8) is 0 Å². The van der Waals surface area contributed by atoms with Gasteiger partial charge in [0.05, 0.1) is 25.1 Å². The molecule has 9 heteroatoms. The molecule has 0 saturated heterocycles. The topological polar surface area (TPSA) is 132 Å². The largest absolute Gasteiger partial charge is 0.493 e. The quantitative estimate of drug-likeness (QED) is 0.102. The number of aldehydes is 1. The smallest absolute Gasteiger partial charge is 0.255 e. The van der Waals surface area contributed by atoms with E-state index in [0.29, 0.717) is 72.0 Å². The van der Waals surface area contributed by atoms with Gasteiger partial charge in [-0.3, -0.25) is 14.4 Å². The Balaban J connectivity index is 1.26. The molecule has 4 aromatic rings. The summed E-state index contributed by atoms with van der Waals surface area (Å²) in [6, 6.07) is 26.6.